The van der Waals surface area contributed by atoms with Crippen LogP contribution >= 0.6 is 0 Å². The molecule has 2 unspecified atom stereocenters. The first-order chi connectivity index (χ1) is 18.2. The van der Waals surface area contributed by atoms with Gasteiger partial charge in [0.25, 0.3) is 5.82 Å². The van der Waals surface area contributed by atoms with Crippen molar-refractivity contribution in [2.24, 2.45) is 0 Å². The van der Waals surface area contributed by atoms with Gasteiger partial charge < -0.3 is 0 Å². The van der Waals surface area contributed by atoms with Gasteiger partial charge in [0.15, 0.2) is 0 Å². The standard InChI is InChI=1S/C35H68N2/c1-5-8-10-12-14-16-17-18-19-21-23-25-27-30-34(28-7-3)35-36-31-32-37(35)33(4)29-26-24-22-20-15-13-11-9-6-2/h31-34H,5-30H2,1-4H3/p+1. The van der Waals surface area contributed by atoms with Gasteiger partial charge in [-0.05, 0) is 32.6 Å². The summed E-state index contributed by atoms with van der Waals surface area (Å²) in [4.78, 5) is 3.67. The molecule has 1 aromatic rings. The van der Waals surface area contributed by atoms with Gasteiger partial charge in [0, 0.05) is 0 Å². The summed E-state index contributed by atoms with van der Waals surface area (Å²) in [5, 5.41) is 0. The molecule has 0 saturated heterocycles. The van der Waals surface area contributed by atoms with Gasteiger partial charge in [-0.3, -0.25) is 0 Å². The summed E-state index contributed by atoms with van der Waals surface area (Å²) in [6, 6.07) is 0.622. The van der Waals surface area contributed by atoms with E-state index in [-0.39, 0.29) is 0 Å². The minimum Gasteiger partial charge on any atom is -0.247 e. The molecule has 0 spiro atoms. The average Bonchev–Trinajstić information content (AvgIpc) is 3.39. The van der Waals surface area contributed by atoms with Crippen molar-refractivity contribution in [1.29, 1.82) is 0 Å². The second kappa shape index (κ2) is 25.5. The molecule has 0 fully saturated rings. The molecule has 2 atom stereocenters. The fourth-order valence-electron chi connectivity index (χ4n) is 6.14. The van der Waals surface area contributed by atoms with Crippen molar-refractivity contribution in [2.45, 2.75) is 207 Å². The second-order valence-corrected chi connectivity index (χ2v) is 12.2. The maximum Gasteiger partial charge on any atom is 0.257 e. The smallest absolute Gasteiger partial charge is 0.247 e. The Morgan fingerprint density at radius 3 is 1.35 bits per heavy atom. The summed E-state index contributed by atoms with van der Waals surface area (Å²) in [6.07, 6.45) is 41.3. The SMILES string of the molecule is CCCCCCCCCCCCCCCC(CCC)c1[nH]cc[n+]1C(C)CCCCCCCCCCC. The molecule has 1 aromatic heterocycles. The Labute approximate surface area is 234 Å². The Bertz CT molecular complexity index is 578. The third kappa shape index (κ3) is 18.2. The Morgan fingerprint density at radius 2 is 0.919 bits per heavy atom. The highest BCUT2D eigenvalue weighted by molar-refractivity contribution is 4.90. The number of aromatic nitrogens is 2. The maximum atomic E-state index is 3.67. The molecule has 0 aromatic carbocycles. The first kappa shape index (κ1) is 34.2. The second-order valence-electron chi connectivity index (χ2n) is 12.2. The Kier molecular flexibility index (Phi) is 23.6. The van der Waals surface area contributed by atoms with Gasteiger partial charge in [-0.25, -0.2) is 9.55 Å². The fraction of sp³-hybridized carbons (Fsp3) is 0.914. The van der Waals surface area contributed by atoms with Crippen LogP contribution in [-0.2, 0) is 0 Å². The quantitative estimate of drug-likeness (QED) is 0.0842. The van der Waals surface area contributed by atoms with Gasteiger partial charge in [-0.2, -0.15) is 0 Å². The summed E-state index contributed by atoms with van der Waals surface area (Å²) in [6.45, 7) is 9.41. The lowest BCUT2D eigenvalue weighted by Gasteiger charge is -2.16. The number of rotatable bonds is 28. The molecule has 2 nitrogen and oxygen atoms in total. The van der Waals surface area contributed by atoms with Crippen LogP contribution < -0.4 is 4.57 Å². The van der Waals surface area contributed by atoms with Gasteiger partial charge in [0.2, 0.25) is 0 Å². The number of H-pyrrole nitrogens is 1. The van der Waals surface area contributed by atoms with Crippen LogP contribution in [0.2, 0.25) is 0 Å². The van der Waals surface area contributed by atoms with E-state index >= 15 is 0 Å². The predicted octanol–water partition coefficient (Wildman–Crippen LogP) is 12.1. The van der Waals surface area contributed by atoms with Crippen molar-refractivity contribution < 1.29 is 4.57 Å². The van der Waals surface area contributed by atoms with Crippen LogP contribution in [0, 0.1) is 0 Å². The lowest BCUT2D eigenvalue weighted by Crippen LogP contribution is -2.41. The zero-order chi connectivity index (χ0) is 26.8. The lowest BCUT2D eigenvalue weighted by atomic mass is 9.94. The molecule has 0 aliphatic carbocycles. The molecule has 0 amide bonds. The molecular weight excluding hydrogens is 448 g/mol. The molecular formula is C35H69N2+. The van der Waals surface area contributed by atoms with Gasteiger partial charge in [0.05, 0.1) is 12.0 Å². The highest BCUT2D eigenvalue weighted by Crippen LogP contribution is 2.26. The highest BCUT2D eigenvalue weighted by atomic mass is 15.1. The van der Waals surface area contributed by atoms with Crippen LogP contribution in [0.1, 0.15) is 212 Å². The van der Waals surface area contributed by atoms with Crippen molar-refractivity contribution in [3.63, 3.8) is 0 Å². The van der Waals surface area contributed by atoms with Crippen LogP contribution in [0.15, 0.2) is 12.4 Å². The maximum absolute atomic E-state index is 3.67. The van der Waals surface area contributed by atoms with E-state index in [2.05, 4.69) is 49.6 Å². The molecule has 1 N–H and O–H groups in total. The third-order valence-corrected chi connectivity index (χ3v) is 8.62. The largest absolute Gasteiger partial charge is 0.257 e. The molecule has 218 valence electrons. The summed E-state index contributed by atoms with van der Waals surface area (Å²) in [5.41, 5.74) is 0. The van der Waals surface area contributed by atoms with E-state index in [1.807, 2.05) is 0 Å². The molecule has 0 aliphatic rings. The molecule has 1 heterocycles. The fourth-order valence-corrected chi connectivity index (χ4v) is 6.14. The van der Waals surface area contributed by atoms with Crippen LogP contribution in [0.25, 0.3) is 0 Å². The zero-order valence-corrected chi connectivity index (χ0v) is 26.1. The van der Waals surface area contributed by atoms with Crippen molar-refractivity contribution in [2.75, 3.05) is 0 Å². The number of hydrogen-bond donors (Lipinski definition) is 1. The summed E-state index contributed by atoms with van der Waals surface area (Å²) < 4.78 is 2.59. The summed E-state index contributed by atoms with van der Waals surface area (Å²) >= 11 is 0. The highest BCUT2D eigenvalue weighted by Gasteiger charge is 2.24. The number of nitrogens with one attached hydrogen (secondary N) is 1. The Hall–Kier alpha value is -0.790. The van der Waals surface area contributed by atoms with Crippen LogP contribution in [0.4, 0.5) is 0 Å². The number of imidazole rings is 1. The van der Waals surface area contributed by atoms with Gasteiger partial charge in [-0.15, -0.1) is 0 Å². The predicted molar refractivity (Wildman–Crippen MR) is 166 cm³/mol. The lowest BCUT2D eigenvalue weighted by molar-refractivity contribution is -0.727. The van der Waals surface area contributed by atoms with E-state index < -0.39 is 0 Å². The first-order valence-electron chi connectivity index (χ1n) is 17.3. The monoisotopic (exact) mass is 518 g/mol. The van der Waals surface area contributed by atoms with E-state index in [1.54, 1.807) is 0 Å². The van der Waals surface area contributed by atoms with E-state index in [0.29, 0.717) is 12.0 Å². The summed E-state index contributed by atoms with van der Waals surface area (Å²) in [5.74, 6) is 2.21. The van der Waals surface area contributed by atoms with Crippen LogP contribution in [0.5, 0.6) is 0 Å². The summed E-state index contributed by atoms with van der Waals surface area (Å²) in [7, 11) is 0. The van der Waals surface area contributed by atoms with Crippen LogP contribution in [-0.4, -0.2) is 4.98 Å². The molecule has 0 aliphatic heterocycles. The molecule has 2 heteroatoms. The molecule has 0 saturated carbocycles. The van der Waals surface area contributed by atoms with Crippen molar-refractivity contribution in [3.05, 3.63) is 18.2 Å². The Balaban J connectivity index is 2.19. The van der Waals surface area contributed by atoms with E-state index in [9.17, 15) is 0 Å². The van der Waals surface area contributed by atoms with Crippen LogP contribution in [0.3, 0.4) is 0 Å². The van der Waals surface area contributed by atoms with E-state index in [4.69, 9.17) is 0 Å². The minimum absolute atomic E-state index is 0.622. The molecule has 1 rings (SSSR count). The van der Waals surface area contributed by atoms with Gasteiger partial charge in [0.1, 0.15) is 12.4 Å². The average molecular weight is 518 g/mol. The molecule has 0 bridgehead atoms. The van der Waals surface area contributed by atoms with Crippen molar-refractivity contribution >= 4 is 0 Å². The number of unbranched alkanes of at least 4 members (excludes halogenated alkanes) is 20. The Morgan fingerprint density at radius 1 is 0.514 bits per heavy atom. The topological polar surface area (TPSA) is 19.7 Å². The molecule has 0 radical (unpaired) electrons. The van der Waals surface area contributed by atoms with E-state index in [0.717, 1.165) is 0 Å². The van der Waals surface area contributed by atoms with Crippen molar-refractivity contribution in [3.8, 4) is 0 Å². The number of nitrogens with zero attached hydrogens (tertiary/aromatic N) is 1. The number of hydrogen-bond acceptors (Lipinski definition) is 0. The number of aromatic amines is 1. The minimum atomic E-state index is 0.622. The van der Waals surface area contributed by atoms with Gasteiger partial charge in [-0.1, -0.05) is 162 Å². The van der Waals surface area contributed by atoms with Crippen molar-refractivity contribution in [1.82, 2.24) is 4.98 Å². The zero-order valence-electron chi connectivity index (χ0n) is 26.1. The normalized spacial score (nSPS) is 13.3. The van der Waals surface area contributed by atoms with E-state index in [1.165, 1.54) is 173 Å². The first-order valence-corrected chi connectivity index (χ1v) is 17.3. The van der Waals surface area contributed by atoms with Gasteiger partial charge >= 0.3 is 0 Å². The molecule has 37 heavy (non-hydrogen) atoms. The third-order valence-electron chi connectivity index (χ3n) is 8.62.